The number of fused-ring (bicyclic) bond motifs is 6. The molecule has 6 aliphatic heterocycles. The molecule has 0 bridgehead atoms. The number of alkyl halides is 3. The van der Waals surface area contributed by atoms with Crippen LogP contribution in [0.25, 0.3) is 33.5 Å². The molecule has 6 aromatic rings. The van der Waals surface area contributed by atoms with E-state index in [2.05, 4.69) is 55.1 Å². The van der Waals surface area contributed by atoms with Crippen LogP contribution in [-0.2, 0) is 83.6 Å². The molecule has 41 heteroatoms. The number of rotatable bonds is 21. The molecule has 0 aliphatic carbocycles. The van der Waals surface area contributed by atoms with Crippen molar-refractivity contribution in [3.63, 3.8) is 0 Å². The average molecular weight is 1550 g/mol. The number of aromatic nitrogens is 11. The third-order valence-electron chi connectivity index (χ3n) is 18.1. The minimum absolute atomic E-state index is 0.00585. The number of nitrogens with one attached hydrogen (secondary N) is 3. The van der Waals surface area contributed by atoms with Crippen molar-refractivity contribution >= 4 is 127 Å². The molecule has 102 heavy (non-hydrogen) atoms. The van der Waals surface area contributed by atoms with Crippen LogP contribution >= 0.6 is 58.0 Å². The molecule has 35 nitrogen and oxygen atoms in total. The quantitative estimate of drug-likeness (QED) is 0.0170. The fourth-order valence-corrected chi connectivity index (χ4v) is 18.9. The van der Waals surface area contributed by atoms with Crippen molar-refractivity contribution in [2.75, 3.05) is 56.8 Å². The van der Waals surface area contributed by atoms with E-state index < -0.39 is 111 Å². The molecule has 9 N–H and O–H groups in total. The maximum absolute atomic E-state index is 13.5. The Hall–Kier alpha value is -5.39. The number of carbonyl (C=O) groups is 3. The van der Waals surface area contributed by atoms with Crippen LogP contribution < -0.4 is 32.5 Å². The molecule has 0 amide bonds. The summed E-state index contributed by atoms with van der Waals surface area (Å²) in [6, 6.07) is 0.302. The van der Waals surface area contributed by atoms with Crippen LogP contribution in [0.1, 0.15) is 123 Å². The van der Waals surface area contributed by atoms with E-state index in [1.54, 1.807) is 94.6 Å². The predicted molar refractivity (Wildman–Crippen MR) is 374 cm³/mol. The molecule has 6 aliphatic rings. The van der Waals surface area contributed by atoms with E-state index in [0.717, 1.165) is 0 Å². The summed E-state index contributed by atoms with van der Waals surface area (Å²) in [7, 11) is -11.4. The molecule has 0 unspecified atom stereocenters. The number of hydrogen-bond acceptors (Lipinski definition) is 29. The fourth-order valence-electron chi connectivity index (χ4n) is 11.8. The molecule has 6 aromatic heterocycles. The summed E-state index contributed by atoms with van der Waals surface area (Å²) in [5.41, 5.74) is 21.1. The van der Waals surface area contributed by atoms with Gasteiger partial charge in [-0.25, -0.2) is 68.8 Å². The molecule has 6 fully saturated rings. The molecule has 12 rings (SSSR count). The van der Waals surface area contributed by atoms with Crippen LogP contribution in [0.2, 0.25) is 0 Å². The maximum atomic E-state index is 13.5. The molecule has 12 heterocycles. The summed E-state index contributed by atoms with van der Waals surface area (Å²) in [4.78, 5) is 65.9. The number of nitrogens with two attached hydrogens (primary N) is 3. The van der Waals surface area contributed by atoms with Crippen molar-refractivity contribution < 1.29 is 83.6 Å². The van der Waals surface area contributed by atoms with E-state index in [0.29, 0.717) is 39.2 Å². The van der Waals surface area contributed by atoms with Crippen molar-refractivity contribution in [2.24, 2.45) is 35.5 Å². The van der Waals surface area contributed by atoms with Crippen LogP contribution in [0.4, 0.5) is 17.3 Å². The van der Waals surface area contributed by atoms with Gasteiger partial charge in [0.25, 0.3) is 0 Å². The van der Waals surface area contributed by atoms with E-state index in [1.807, 2.05) is 41.5 Å². The SMILES string of the molecule is CC(C)C(=O)OC[C@@H](N[P@@]1(=O)OC[C@H]2O[C@@H](n3cnc4c(N)ncnc43)[C@](C)(Cl)[C@@H]2O1)C(C)C.CC(C)C(=O)OC[C@@H](N[P@]1(=O)OC[C@H]2O[C@@H](n3cnc4c(N)ccnc43)[C@](C)(Cl)[C@@H]2O1)C(C)C.CC(C)C(=O)OC[C@H](N[P@]1(=O)OC[C@H]2O[C@@H](n3cnc4c(N)ncnc43)[C@](C)(Cl)[C@@H]2O1)C(C)C. The first kappa shape index (κ1) is 79.2. The third-order valence-corrected chi connectivity index (χ3v) is 24.2. The largest absolute Gasteiger partial charge is 0.464 e. The molecule has 0 saturated carbocycles. The van der Waals surface area contributed by atoms with E-state index >= 15 is 0 Å². The lowest BCUT2D eigenvalue weighted by molar-refractivity contribution is -0.149. The van der Waals surface area contributed by atoms with Gasteiger partial charge in [0.05, 0.1) is 80.4 Å². The number of pyridine rings is 1. The van der Waals surface area contributed by atoms with Gasteiger partial charge in [-0.05, 0) is 44.6 Å². The average Bonchev–Trinajstić information content (AvgIpc) is 1.60. The van der Waals surface area contributed by atoms with Gasteiger partial charge < -0.3 is 45.6 Å². The van der Waals surface area contributed by atoms with Crippen molar-refractivity contribution in [1.82, 2.24) is 68.8 Å². The lowest BCUT2D eigenvalue weighted by Crippen LogP contribution is -2.47. The lowest BCUT2D eigenvalue weighted by Gasteiger charge is -2.37. The fraction of sp³-hybridized carbons (Fsp3) is 0.689. The number of esters is 3. The molecule has 18 atom stereocenters. The number of ether oxygens (including phenoxy) is 6. The Morgan fingerprint density at radius 2 is 0.784 bits per heavy atom. The maximum Gasteiger partial charge on any atom is 0.406 e. The van der Waals surface area contributed by atoms with Gasteiger partial charge in [0.15, 0.2) is 47.3 Å². The first-order chi connectivity index (χ1) is 47.8. The molecule has 0 spiro atoms. The first-order valence-electron chi connectivity index (χ1n) is 33.4. The Kier molecular flexibility index (Phi) is 24.2. The highest BCUT2D eigenvalue weighted by atomic mass is 35.5. The Morgan fingerprint density at radius 3 is 1.08 bits per heavy atom. The highest BCUT2D eigenvalue weighted by Gasteiger charge is 2.63. The van der Waals surface area contributed by atoms with E-state index in [-0.39, 0.29) is 105 Å². The van der Waals surface area contributed by atoms with E-state index in [1.165, 1.54) is 25.3 Å². The van der Waals surface area contributed by atoms with E-state index in [4.69, 9.17) is 108 Å². The summed E-state index contributed by atoms with van der Waals surface area (Å²) in [5, 5.41) is 8.79. The standard InChI is InChI=1S/C21H31ClN5O6P.2C20H30ClN6O6P/c1-11(2)14(8-30-19(28)12(3)4)26-34(29)31-9-15-17(33-34)21(5,22)20(32-15)27-10-25-16-13(23)6-7-24-18(16)27;2*1-10(2)12(6-30-18(28)11(3)4)26-34(29)31-7-13-15(33-34)20(5,21)19(32-13)27-9-25-14-16(22)23-8-24-17(14)27/h6-7,10-12,14-15,17,20H,8-9H2,1-5H3,(H2,23,24)(H,26,29);2*8-13,15,19H,6-7H2,1-5H3,(H,26,29)(H2,22,23,24)/t14-,15-,17-,20-,21-,34+;12-,13+,15+,19+,20+,34-;12-,13-,15-,19-,20-,34-/m101/s1. The second-order valence-corrected chi connectivity index (χ2v) is 35.8. The number of hydrogen-bond donors (Lipinski definition) is 6. The minimum atomic E-state index is -3.79. The van der Waals surface area contributed by atoms with Crippen LogP contribution in [0.15, 0.2) is 43.9 Å². The molecule has 6 saturated heterocycles. The van der Waals surface area contributed by atoms with Crippen LogP contribution in [-0.4, -0.2) is 180 Å². The molecular weight excluding hydrogens is 1460 g/mol. The van der Waals surface area contributed by atoms with Crippen LogP contribution in [0.3, 0.4) is 0 Å². The Morgan fingerprint density at radius 1 is 0.490 bits per heavy atom. The van der Waals surface area contributed by atoms with Gasteiger partial charge in [-0.15, -0.1) is 34.8 Å². The molecule has 0 aromatic carbocycles. The normalized spacial score (nSPS) is 32.3. The molecule has 564 valence electrons. The van der Waals surface area contributed by atoms with Crippen molar-refractivity contribution in [2.45, 2.75) is 192 Å². The topological polar surface area (TPSA) is 445 Å². The zero-order valence-corrected chi connectivity index (χ0v) is 64.1. The van der Waals surface area contributed by atoms with Gasteiger partial charge in [-0.1, -0.05) is 83.1 Å². The number of nitrogens with zero attached hydrogens (tertiary/aromatic N) is 11. The first-order valence-corrected chi connectivity index (χ1v) is 39.1. The van der Waals surface area contributed by atoms with Gasteiger partial charge in [0.2, 0.25) is 0 Å². The highest BCUT2D eigenvalue weighted by molar-refractivity contribution is 7.52. The van der Waals surface area contributed by atoms with Crippen LogP contribution in [0, 0.1) is 35.5 Å². The third kappa shape index (κ3) is 16.7. The predicted octanol–water partition coefficient (Wildman–Crippen LogP) is 8.53. The molecular formula is C61H91Cl3N17O18P3. The number of anilines is 3. The minimum Gasteiger partial charge on any atom is -0.464 e. The van der Waals surface area contributed by atoms with Crippen LogP contribution in [0.5, 0.6) is 0 Å². The number of imidazole rings is 3. The van der Waals surface area contributed by atoms with Gasteiger partial charge in [-0.2, -0.15) is 0 Å². The Bertz CT molecular complexity index is 3740. The highest BCUT2D eigenvalue weighted by Crippen LogP contribution is 2.61. The number of carbonyl (C=O) groups excluding carboxylic acids is 3. The zero-order valence-electron chi connectivity index (χ0n) is 59.2. The monoisotopic (exact) mass is 1550 g/mol. The summed E-state index contributed by atoms with van der Waals surface area (Å²) >= 11 is 20.9. The second kappa shape index (κ2) is 31.2. The summed E-state index contributed by atoms with van der Waals surface area (Å²) in [6.45, 7) is 27.3. The van der Waals surface area contributed by atoms with Gasteiger partial charge >= 0.3 is 41.1 Å². The van der Waals surface area contributed by atoms with Gasteiger partial charge in [0.1, 0.15) is 100 Å². The Labute approximate surface area is 604 Å². The molecule has 0 radical (unpaired) electrons. The van der Waals surface area contributed by atoms with Gasteiger partial charge in [0, 0.05) is 6.20 Å². The number of nitrogen functional groups attached to an aromatic ring is 3. The zero-order chi connectivity index (χ0) is 74.5. The summed E-state index contributed by atoms with van der Waals surface area (Å²) < 4.78 is 115. The second-order valence-electron chi connectivity index (χ2n) is 28.2. The summed E-state index contributed by atoms with van der Waals surface area (Å²) in [5.74, 6) is -1.39. The van der Waals surface area contributed by atoms with E-state index in [9.17, 15) is 28.1 Å². The van der Waals surface area contributed by atoms with Crippen molar-refractivity contribution in [1.29, 1.82) is 0 Å². The van der Waals surface area contributed by atoms with Crippen molar-refractivity contribution in [3.8, 4) is 0 Å². The lowest BCUT2D eigenvalue weighted by atomic mass is 10.0. The van der Waals surface area contributed by atoms with Crippen molar-refractivity contribution in [3.05, 3.63) is 43.9 Å². The van der Waals surface area contributed by atoms with Gasteiger partial charge in [-0.3, -0.25) is 55.2 Å². The number of halogens is 3. The summed E-state index contributed by atoms with van der Waals surface area (Å²) in [6.07, 6.45) is 2.64. The Balaban J connectivity index is 0.000000165. The smallest absolute Gasteiger partial charge is 0.406 e.